The summed E-state index contributed by atoms with van der Waals surface area (Å²) in [6, 6.07) is 6.67. The molecule has 4 heteroatoms. The van der Waals surface area contributed by atoms with Crippen LogP contribution in [0.15, 0.2) is 24.3 Å². The summed E-state index contributed by atoms with van der Waals surface area (Å²) in [5, 5.41) is 0. The van der Waals surface area contributed by atoms with E-state index in [9.17, 15) is 13.2 Å². The van der Waals surface area contributed by atoms with Crippen LogP contribution in [0.25, 0.3) is 0 Å². The van der Waals surface area contributed by atoms with E-state index in [2.05, 4.69) is 4.90 Å². The summed E-state index contributed by atoms with van der Waals surface area (Å²) in [4.78, 5) is 2.85. The van der Waals surface area contributed by atoms with Gasteiger partial charge in [-0.15, -0.1) is 0 Å². The normalized spacial score (nSPS) is 26.9. The molecule has 0 aromatic heterocycles. The summed E-state index contributed by atoms with van der Waals surface area (Å²) in [5.41, 5.74) is 0.606. The van der Waals surface area contributed by atoms with Crippen molar-refractivity contribution >= 4 is 0 Å². The highest BCUT2D eigenvalue weighted by atomic mass is 19.4. The number of hydrogen-bond donors (Lipinski definition) is 0. The molecule has 0 spiro atoms. The number of halogens is 3. The number of nitrogens with zero attached hydrogens (tertiary/aromatic N) is 1. The van der Waals surface area contributed by atoms with Crippen molar-refractivity contribution < 1.29 is 13.2 Å². The summed E-state index contributed by atoms with van der Waals surface area (Å²) in [7, 11) is 0. The van der Waals surface area contributed by atoms with Crippen LogP contribution >= 0.6 is 0 Å². The number of benzene rings is 1. The molecular formula is C28H42F3N. The van der Waals surface area contributed by atoms with E-state index in [4.69, 9.17) is 0 Å². The predicted octanol–water partition coefficient (Wildman–Crippen LogP) is 8.58. The van der Waals surface area contributed by atoms with Crippen LogP contribution in [0.5, 0.6) is 0 Å². The lowest BCUT2D eigenvalue weighted by atomic mass is 9.82. The molecule has 0 N–H and O–H groups in total. The van der Waals surface area contributed by atoms with Gasteiger partial charge in [0, 0.05) is 19.1 Å². The van der Waals surface area contributed by atoms with Crippen molar-refractivity contribution in [2.45, 2.75) is 114 Å². The second-order valence-corrected chi connectivity index (χ2v) is 10.9. The van der Waals surface area contributed by atoms with E-state index in [1.807, 2.05) is 0 Å². The molecule has 0 aliphatic heterocycles. The minimum Gasteiger partial charge on any atom is -0.299 e. The van der Waals surface area contributed by atoms with E-state index in [0.717, 1.165) is 23.8 Å². The lowest BCUT2D eigenvalue weighted by Crippen LogP contribution is -2.45. The van der Waals surface area contributed by atoms with Crippen molar-refractivity contribution in [3.8, 4) is 0 Å². The summed E-state index contributed by atoms with van der Waals surface area (Å²) >= 11 is 0. The van der Waals surface area contributed by atoms with Crippen molar-refractivity contribution in [3.63, 3.8) is 0 Å². The Morgan fingerprint density at radius 1 is 0.625 bits per heavy atom. The van der Waals surface area contributed by atoms with Crippen LogP contribution in [0, 0.1) is 11.8 Å². The molecule has 1 nitrogen and oxygen atoms in total. The Morgan fingerprint density at radius 2 is 1.09 bits per heavy atom. The van der Waals surface area contributed by atoms with Gasteiger partial charge in [0.2, 0.25) is 0 Å². The topological polar surface area (TPSA) is 3.24 Å². The molecule has 0 unspecified atom stereocenters. The molecule has 0 heterocycles. The molecule has 0 saturated heterocycles. The predicted molar refractivity (Wildman–Crippen MR) is 126 cm³/mol. The molecule has 0 bridgehead atoms. The third kappa shape index (κ3) is 6.52. The fraction of sp³-hybridized carbons (Fsp3) is 0.786. The van der Waals surface area contributed by atoms with Crippen molar-refractivity contribution in [1.29, 1.82) is 0 Å². The Bertz CT molecular complexity index is 651. The van der Waals surface area contributed by atoms with Crippen LogP contribution in [0.2, 0.25) is 0 Å². The fourth-order valence-corrected chi connectivity index (χ4v) is 6.78. The first-order valence-corrected chi connectivity index (χ1v) is 13.4. The average molecular weight is 450 g/mol. The van der Waals surface area contributed by atoms with Crippen LogP contribution in [0.1, 0.15) is 113 Å². The fourth-order valence-electron chi connectivity index (χ4n) is 6.78. The molecule has 3 aliphatic rings. The van der Waals surface area contributed by atoms with Gasteiger partial charge in [0.25, 0.3) is 0 Å². The molecule has 3 fully saturated rings. The van der Waals surface area contributed by atoms with Gasteiger partial charge in [0.05, 0.1) is 5.56 Å². The van der Waals surface area contributed by atoms with Gasteiger partial charge < -0.3 is 0 Å². The zero-order chi connectivity index (χ0) is 22.4. The van der Waals surface area contributed by atoms with Crippen LogP contribution in [-0.4, -0.2) is 24.0 Å². The number of alkyl halides is 3. The minimum absolute atomic E-state index is 0.368. The van der Waals surface area contributed by atoms with E-state index in [0.29, 0.717) is 12.0 Å². The van der Waals surface area contributed by atoms with Crippen molar-refractivity contribution in [1.82, 2.24) is 4.90 Å². The van der Waals surface area contributed by atoms with Crippen molar-refractivity contribution in [2.24, 2.45) is 11.8 Å². The van der Waals surface area contributed by atoms with Gasteiger partial charge in [-0.05, 0) is 74.0 Å². The van der Waals surface area contributed by atoms with Gasteiger partial charge >= 0.3 is 6.18 Å². The van der Waals surface area contributed by atoms with Crippen LogP contribution in [0.4, 0.5) is 13.2 Å². The first-order valence-electron chi connectivity index (χ1n) is 13.4. The summed E-state index contributed by atoms with van der Waals surface area (Å²) in [5.74, 6) is 1.99. The maximum Gasteiger partial charge on any atom is 0.416 e. The first kappa shape index (κ1) is 24.1. The molecule has 3 aliphatic carbocycles. The summed E-state index contributed by atoms with van der Waals surface area (Å²) in [6.07, 6.45) is 15.5. The molecule has 180 valence electrons. The van der Waals surface area contributed by atoms with Crippen molar-refractivity contribution in [2.75, 3.05) is 13.1 Å². The molecule has 32 heavy (non-hydrogen) atoms. The maximum absolute atomic E-state index is 13.1. The standard InChI is InChI=1S/C28H42F3N/c29-28(30,31)25-18-16-24(17-19-25)26-14-8-3-9-15-27(26)32(20-22-10-4-1-5-11-22)21-23-12-6-2-7-13-23/h16-19,22-23,26-27H,1-15,20-21H2/t26-,27+/m0/s1. The van der Waals surface area contributed by atoms with Gasteiger partial charge in [0.1, 0.15) is 0 Å². The molecule has 3 saturated carbocycles. The number of hydrogen-bond acceptors (Lipinski definition) is 1. The Labute approximate surface area is 193 Å². The third-order valence-electron chi connectivity index (χ3n) is 8.55. The molecular weight excluding hydrogens is 407 g/mol. The Hall–Kier alpha value is -1.03. The summed E-state index contributed by atoms with van der Waals surface area (Å²) in [6.45, 7) is 2.41. The lowest BCUT2D eigenvalue weighted by Gasteiger charge is -2.42. The zero-order valence-electron chi connectivity index (χ0n) is 19.7. The molecule has 1 aromatic carbocycles. The first-order chi connectivity index (χ1) is 15.5. The second-order valence-electron chi connectivity index (χ2n) is 10.9. The third-order valence-corrected chi connectivity index (χ3v) is 8.55. The van der Waals surface area contributed by atoms with Gasteiger partial charge in [0.15, 0.2) is 0 Å². The quantitative estimate of drug-likeness (QED) is 0.393. The highest BCUT2D eigenvalue weighted by molar-refractivity contribution is 5.28. The van der Waals surface area contributed by atoms with Gasteiger partial charge in [-0.25, -0.2) is 0 Å². The smallest absolute Gasteiger partial charge is 0.299 e. The number of rotatable bonds is 6. The monoisotopic (exact) mass is 449 g/mol. The lowest BCUT2D eigenvalue weighted by molar-refractivity contribution is -0.137. The van der Waals surface area contributed by atoms with E-state index < -0.39 is 11.7 Å². The van der Waals surface area contributed by atoms with E-state index in [1.165, 1.54) is 115 Å². The molecule has 4 rings (SSSR count). The van der Waals surface area contributed by atoms with Crippen LogP contribution in [0.3, 0.4) is 0 Å². The molecule has 0 radical (unpaired) electrons. The van der Waals surface area contributed by atoms with Gasteiger partial charge in [-0.1, -0.05) is 69.9 Å². The van der Waals surface area contributed by atoms with E-state index in [1.54, 1.807) is 12.1 Å². The van der Waals surface area contributed by atoms with Gasteiger partial charge in [-0.2, -0.15) is 13.2 Å². The van der Waals surface area contributed by atoms with E-state index >= 15 is 0 Å². The molecule has 0 amide bonds. The van der Waals surface area contributed by atoms with E-state index in [-0.39, 0.29) is 0 Å². The minimum atomic E-state index is -4.25. The Morgan fingerprint density at radius 3 is 1.59 bits per heavy atom. The zero-order valence-corrected chi connectivity index (χ0v) is 19.7. The Balaban J connectivity index is 1.55. The average Bonchev–Trinajstić information content (AvgIpc) is 3.06. The molecule has 2 atom stereocenters. The van der Waals surface area contributed by atoms with Crippen LogP contribution < -0.4 is 0 Å². The van der Waals surface area contributed by atoms with Crippen molar-refractivity contribution in [3.05, 3.63) is 35.4 Å². The second kappa shape index (κ2) is 11.4. The highest BCUT2D eigenvalue weighted by Gasteiger charge is 2.34. The van der Waals surface area contributed by atoms with Crippen LogP contribution in [-0.2, 0) is 6.18 Å². The summed E-state index contributed by atoms with van der Waals surface area (Å²) < 4.78 is 39.4. The van der Waals surface area contributed by atoms with Gasteiger partial charge in [-0.3, -0.25) is 4.90 Å². The molecule has 1 aromatic rings. The SMILES string of the molecule is FC(F)(F)c1ccc([C@@H]2CCCCC[C@H]2N(CC2CCCCC2)CC2CCCCC2)cc1. The highest BCUT2D eigenvalue weighted by Crippen LogP contribution is 2.39. The Kier molecular flexibility index (Phi) is 8.59. The maximum atomic E-state index is 13.1. The largest absolute Gasteiger partial charge is 0.416 e.